The molecule has 1 aromatic carbocycles. The molecule has 0 saturated carbocycles. The molecular weight excluding hydrogens is 263 g/mol. The number of nitrogen functional groups attached to an aromatic ring is 1. The average Bonchev–Trinajstić information content (AvgIpc) is 2.40. The molecule has 17 heavy (non-hydrogen) atoms. The molecule has 0 fully saturated rings. The summed E-state index contributed by atoms with van der Waals surface area (Å²) in [5, 5.41) is 0.497. The fourth-order valence-corrected chi connectivity index (χ4v) is 2.13. The van der Waals surface area contributed by atoms with Crippen molar-refractivity contribution in [3.8, 4) is 5.75 Å². The maximum atomic E-state index is 11.9. The van der Waals surface area contributed by atoms with Gasteiger partial charge in [-0.15, -0.1) is 0 Å². The van der Waals surface area contributed by atoms with Gasteiger partial charge in [-0.1, -0.05) is 30.1 Å². The van der Waals surface area contributed by atoms with Crippen LogP contribution in [-0.4, -0.2) is 19.6 Å². The molecule has 2 rings (SSSR count). The first kappa shape index (κ1) is 12.3. The van der Waals surface area contributed by atoms with Gasteiger partial charge in [0.1, 0.15) is 5.02 Å². The Labute approximate surface area is 109 Å². The van der Waals surface area contributed by atoms with E-state index in [1.807, 2.05) is 0 Å². The molecule has 2 N–H and O–H groups in total. The summed E-state index contributed by atoms with van der Waals surface area (Å²) in [6.07, 6.45) is 0. The largest absolute Gasteiger partial charge is 0.489 e. The van der Waals surface area contributed by atoms with E-state index in [0.717, 1.165) is 0 Å². The summed E-state index contributed by atoms with van der Waals surface area (Å²) in [6, 6.07) is 1.60. The minimum Gasteiger partial charge on any atom is -0.489 e. The van der Waals surface area contributed by atoms with Crippen molar-refractivity contribution in [3.05, 3.63) is 16.1 Å². The molecule has 92 valence electrons. The number of rotatable bonds is 0. The topological polar surface area (TPSA) is 55.6 Å². The highest BCUT2D eigenvalue weighted by molar-refractivity contribution is 6.45. The van der Waals surface area contributed by atoms with Crippen molar-refractivity contribution in [2.75, 3.05) is 24.3 Å². The third-order valence-corrected chi connectivity index (χ3v) is 3.63. The summed E-state index contributed by atoms with van der Waals surface area (Å²) < 4.78 is 5.53. The van der Waals surface area contributed by atoms with Gasteiger partial charge in [-0.05, 0) is 6.07 Å². The number of hydrogen-bond acceptors (Lipinski definition) is 3. The summed E-state index contributed by atoms with van der Waals surface area (Å²) in [4.78, 5) is 13.4. The molecule has 0 radical (unpaired) electrons. The van der Waals surface area contributed by atoms with Gasteiger partial charge in [-0.2, -0.15) is 0 Å². The van der Waals surface area contributed by atoms with Crippen LogP contribution in [-0.2, 0) is 4.79 Å². The highest BCUT2D eigenvalue weighted by Gasteiger charge is 2.29. The van der Waals surface area contributed by atoms with E-state index in [1.54, 1.807) is 20.0 Å². The van der Waals surface area contributed by atoms with Crippen LogP contribution in [0.4, 0.5) is 11.4 Å². The monoisotopic (exact) mass is 274 g/mol. The quantitative estimate of drug-likeness (QED) is 0.740. The molecule has 1 unspecified atom stereocenters. The van der Waals surface area contributed by atoms with Crippen LogP contribution in [0, 0.1) is 5.92 Å². The van der Waals surface area contributed by atoms with Crippen molar-refractivity contribution in [1.29, 1.82) is 0 Å². The number of hydrogen-bond donors (Lipinski definition) is 1. The molecule has 0 aliphatic carbocycles. The van der Waals surface area contributed by atoms with Gasteiger partial charge in [0.25, 0.3) is 0 Å². The number of nitrogens with two attached hydrogens (primary N) is 1. The van der Waals surface area contributed by atoms with E-state index in [9.17, 15) is 4.79 Å². The summed E-state index contributed by atoms with van der Waals surface area (Å²) in [6.45, 7) is 2.07. The molecule has 1 aromatic rings. The van der Waals surface area contributed by atoms with Crippen LogP contribution in [0.2, 0.25) is 10.0 Å². The molecule has 4 nitrogen and oxygen atoms in total. The Morgan fingerprint density at radius 2 is 2.12 bits per heavy atom. The predicted molar refractivity (Wildman–Crippen MR) is 68.9 cm³/mol. The van der Waals surface area contributed by atoms with Crippen LogP contribution in [0.3, 0.4) is 0 Å². The van der Waals surface area contributed by atoms with E-state index < -0.39 is 0 Å². The molecule has 1 aliphatic rings. The smallest absolute Gasteiger partial charge is 0.233 e. The van der Waals surface area contributed by atoms with Gasteiger partial charge in [0, 0.05) is 7.05 Å². The lowest BCUT2D eigenvalue weighted by Crippen LogP contribution is -2.31. The van der Waals surface area contributed by atoms with Crippen molar-refractivity contribution in [1.82, 2.24) is 0 Å². The lowest BCUT2D eigenvalue weighted by molar-refractivity contribution is -0.122. The number of carbonyl (C=O) groups is 1. The van der Waals surface area contributed by atoms with Crippen molar-refractivity contribution in [2.24, 2.45) is 5.92 Å². The average molecular weight is 275 g/mol. The molecule has 0 bridgehead atoms. The Bertz CT molecular complexity index is 491. The Kier molecular flexibility index (Phi) is 3.10. The fourth-order valence-electron chi connectivity index (χ4n) is 1.73. The highest BCUT2D eigenvalue weighted by atomic mass is 35.5. The number of ether oxygens (including phenoxy) is 1. The Morgan fingerprint density at radius 1 is 1.47 bits per heavy atom. The van der Waals surface area contributed by atoms with E-state index in [4.69, 9.17) is 33.7 Å². The molecule has 1 aliphatic heterocycles. The van der Waals surface area contributed by atoms with E-state index in [2.05, 4.69) is 0 Å². The van der Waals surface area contributed by atoms with Crippen LogP contribution in [0.25, 0.3) is 0 Å². The fraction of sp³-hybridized carbons (Fsp3) is 0.364. The van der Waals surface area contributed by atoms with E-state index in [0.29, 0.717) is 17.1 Å². The van der Waals surface area contributed by atoms with Gasteiger partial charge in [0.2, 0.25) is 5.91 Å². The van der Waals surface area contributed by atoms with Gasteiger partial charge in [0.05, 0.1) is 28.9 Å². The molecule has 6 heteroatoms. The van der Waals surface area contributed by atoms with Gasteiger partial charge in [-0.25, -0.2) is 0 Å². The lowest BCUT2D eigenvalue weighted by atomic mass is 10.1. The van der Waals surface area contributed by atoms with E-state index in [1.165, 1.54) is 4.90 Å². The number of halogens is 2. The molecule has 1 atom stereocenters. The Morgan fingerprint density at radius 3 is 2.76 bits per heavy atom. The third kappa shape index (κ3) is 1.91. The molecule has 1 amide bonds. The SMILES string of the molecule is CC1COc2c(cc(N)c(Cl)c2Cl)N(C)C1=O. The minimum atomic E-state index is -0.233. The molecule has 0 aromatic heterocycles. The summed E-state index contributed by atoms with van der Waals surface area (Å²) in [7, 11) is 1.66. The van der Waals surface area contributed by atoms with Crippen molar-refractivity contribution >= 4 is 40.5 Å². The maximum absolute atomic E-state index is 11.9. The van der Waals surface area contributed by atoms with Gasteiger partial charge in [-0.3, -0.25) is 4.79 Å². The first-order valence-electron chi connectivity index (χ1n) is 5.11. The van der Waals surface area contributed by atoms with Gasteiger partial charge in [0.15, 0.2) is 5.75 Å². The zero-order valence-electron chi connectivity index (χ0n) is 9.46. The molecule has 0 spiro atoms. The van der Waals surface area contributed by atoms with Crippen molar-refractivity contribution < 1.29 is 9.53 Å². The second-order valence-electron chi connectivity index (χ2n) is 4.05. The van der Waals surface area contributed by atoms with Crippen LogP contribution in [0.1, 0.15) is 6.92 Å². The number of carbonyl (C=O) groups excluding carboxylic acids is 1. The zero-order valence-corrected chi connectivity index (χ0v) is 11.0. The van der Waals surface area contributed by atoms with Crippen molar-refractivity contribution in [2.45, 2.75) is 6.92 Å². The molecule has 1 heterocycles. The normalized spacial score (nSPS) is 19.6. The maximum Gasteiger partial charge on any atom is 0.233 e. The van der Waals surface area contributed by atoms with E-state index in [-0.39, 0.29) is 28.5 Å². The third-order valence-electron chi connectivity index (χ3n) is 2.76. The first-order valence-corrected chi connectivity index (χ1v) is 5.87. The number of benzene rings is 1. The number of fused-ring (bicyclic) bond motifs is 1. The Hall–Kier alpha value is -1.13. The van der Waals surface area contributed by atoms with Crippen LogP contribution in [0.5, 0.6) is 5.75 Å². The summed E-state index contributed by atoms with van der Waals surface area (Å²) in [5.74, 6) is 0.135. The van der Waals surface area contributed by atoms with Crippen LogP contribution in [0.15, 0.2) is 6.07 Å². The minimum absolute atomic E-state index is 0.0402. The number of nitrogens with zero attached hydrogens (tertiary/aromatic N) is 1. The zero-order chi connectivity index (χ0) is 12.7. The van der Waals surface area contributed by atoms with Crippen LogP contribution < -0.4 is 15.4 Å². The molecule has 0 saturated heterocycles. The van der Waals surface area contributed by atoms with Gasteiger partial charge < -0.3 is 15.4 Å². The number of anilines is 2. The van der Waals surface area contributed by atoms with Crippen LogP contribution >= 0.6 is 23.2 Å². The first-order chi connectivity index (χ1) is 7.93. The van der Waals surface area contributed by atoms with Crippen molar-refractivity contribution in [3.63, 3.8) is 0 Å². The number of amides is 1. The highest BCUT2D eigenvalue weighted by Crippen LogP contribution is 2.45. The molecular formula is C11H12Cl2N2O2. The summed E-state index contributed by atoms with van der Waals surface area (Å²) >= 11 is 12.0. The Balaban J connectivity index is 2.63. The van der Waals surface area contributed by atoms with Gasteiger partial charge >= 0.3 is 0 Å². The summed E-state index contributed by atoms with van der Waals surface area (Å²) in [5.41, 5.74) is 6.60. The predicted octanol–water partition coefficient (Wildman–Crippen LogP) is 2.57. The second kappa shape index (κ2) is 4.27. The van der Waals surface area contributed by atoms with E-state index >= 15 is 0 Å². The lowest BCUT2D eigenvalue weighted by Gasteiger charge is -2.19. The second-order valence-corrected chi connectivity index (χ2v) is 4.81. The standard InChI is InChI=1S/C11H12Cl2N2O2/c1-5-4-17-10-7(15(2)11(5)16)3-6(14)8(12)9(10)13/h3,5H,4,14H2,1-2H3.